The monoisotopic (exact) mass is 237 g/mol. The van der Waals surface area contributed by atoms with Crippen LogP contribution in [0.4, 0.5) is 0 Å². The first-order valence-corrected chi connectivity index (χ1v) is 6.19. The lowest BCUT2D eigenvalue weighted by molar-refractivity contribution is -0.121. The molecule has 1 aliphatic heterocycles. The van der Waals surface area contributed by atoms with Crippen molar-refractivity contribution >= 4 is 5.91 Å². The number of piperidine rings is 1. The second-order valence-electron chi connectivity index (χ2n) is 4.92. The average Bonchev–Trinajstić information content (AvgIpc) is 2.29. The van der Waals surface area contributed by atoms with Gasteiger partial charge in [0, 0.05) is 6.54 Å². The molecule has 0 bridgehead atoms. The van der Waals surface area contributed by atoms with E-state index in [0.717, 1.165) is 12.5 Å². The van der Waals surface area contributed by atoms with Crippen LogP contribution in [0.25, 0.3) is 0 Å². The second kappa shape index (κ2) is 7.31. The molecule has 17 heavy (non-hydrogen) atoms. The van der Waals surface area contributed by atoms with Crippen LogP contribution < -0.4 is 5.32 Å². The van der Waals surface area contributed by atoms with Gasteiger partial charge in [-0.1, -0.05) is 5.92 Å². The molecule has 0 aromatic rings. The highest BCUT2D eigenvalue weighted by molar-refractivity contribution is 5.78. The van der Waals surface area contributed by atoms with Crippen molar-refractivity contribution in [3.63, 3.8) is 0 Å². The van der Waals surface area contributed by atoms with E-state index >= 15 is 0 Å². The zero-order valence-electron chi connectivity index (χ0n) is 10.9. The molecule has 4 nitrogen and oxygen atoms in total. The number of hydrogen-bond donors (Lipinski definition) is 1. The quantitative estimate of drug-likeness (QED) is 0.684. The Kier molecular flexibility index (Phi) is 6.03. The number of amides is 1. The molecule has 0 saturated carbocycles. The number of nitrogens with one attached hydrogen (secondary N) is 1. The lowest BCUT2D eigenvalue weighted by atomic mass is 9.97. The minimum Gasteiger partial charge on any atom is -0.344 e. The molecular formula is C13H23N3O. The minimum atomic E-state index is 0.0124. The van der Waals surface area contributed by atoms with E-state index in [1.807, 2.05) is 7.05 Å². The summed E-state index contributed by atoms with van der Waals surface area (Å²) in [5.41, 5.74) is 0. The number of likely N-dealkylation sites (tertiary alicyclic amines) is 1. The smallest absolute Gasteiger partial charge is 0.234 e. The van der Waals surface area contributed by atoms with Crippen molar-refractivity contribution in [3.05, 3.63) is 0 Å². The summed E-state index contributed by atoms with van der Waals surface area (Å²) in [5.74, 6) is 3.13. The predicted octanol–water partition coefficient (Wildman–Crippen LogP) is 0.00940. The van der Waals surface area contributed by atoms with Gasteiger partial charge in [-0.25, -0.2) is 0 Å². The largest absolute Gasteiger partial charge is 0.344 e. The fourth-order valence-electron chi connectivity index (χ4n) is 2.20. The van der Waals surface area contributed by atoms with E-state index in [2.05, 4.69) is 28.1 Å². The molecule has 4 heteroatoms. The fraction of sp³-hybridized carbons (Fsp3) is 0.769. The molecule has 1 aliphatic rings. The van der Waals surface area contributed by atoms with E-state index in [1.165, 1.54) is 25.9 Å². The van der Waals surface area contributed by atoms with Crippen molar-refractivity contribution in [2.75, 3.05) is 46.8 Å². The van der Waals surface area contributed by atoms with E-state index in [1.54, 1.807) is 0 Å². The summed E-state index contributed by atoms with van der Waals surface area (Å²) in [7, 11) is 4.15. The Balaban J connectivity index is 2.18. The Morgan fingerprint density at radius 2 is 2.18 bits per heavy atom. The van der Waals surface area contributed by atoms with E-state index < -0.39 is 0 Å². The third-order valence-electron chi connectivity index (χ3n) is 3.21. The highest BCUT2D eigenvalue weighted by atomic mass is 16.1. The number of hydrogen-bond acceptors (Lipinski definition) is 3. The van der Waals surface area contributed by atoms with E-state index in [-0.39, 0.29) is 5.91 Å². The molecule has 96 valence electrons. The van der Waals surface area contributed by atoms with Crippen LogP contribution in [0.15, 0.2) is 0 Å². The van der Waals surface area contributed by atoms with Crippen LogP contribution in [0.2, 0.25) is 0 Å². The van der Waals surface area contributed by atoms with Gasteiger partial charge in [-0.2, -0.15) is 0 Å². The maximum absolute atomic E-state index is 11.4. The van der Waals surface area contributed by atoms with Crippen molar-refractivity contribution in [1.29, 1.82) is 0 Å². The van der Waals surface area contributed by atoms with Gasteiger partial charge < -0.3 is 10.2 Å². The fourth-order valence-corrected chi connectivity index (χ4v) is 2.20. The van der Waals surface area contributed by atoms with Gasteiger partial charge in [-0.05, 0) is 45.9 Å². The number of rotatable bonds is 5. The third-order valence-corrected chi connectivity index (χ3v) is 3.21. The van der Waals surface area contributed by atoms with Gasteiger partial charge in [-0.3, -0.25) is 9.69 Å². The minimum absolute atomic E-state index is 0.0124. The molecular weight excluding hydrogens is 214 g/mol. The summed E-state index contributed by atoms with van der Waals surface area (Å²) >= 11 is 0. The summed E-state index contributed by atoms with van der Waals surface area (Å²) in [6.07, 6.45) is 7.55. The first kappa shape index (κ1) is 14.0. The molecule has 0 aliphatic carbocycles. The lowest BCUT2D eigenvalue weighted by Gasteiger charge is -2.31. The van der Waals surface area contributed by atoms with Crippen molar-refractivity contribution in [1.82, 2.24) is 15.1 Å². The Bertz CT molecular complexity index is 277. The number of terminal acetylenes is 1. The number of carbonyl (C=O) groups is 1. The maximum atomic E-state index is 11.4. The van der Waals surface area contributed by atoms with Crippen LogP contribution in [-0.4, -0.2) is 62.5 Å². The van der Waals surface area contributed by atoms with Crippen molar-refractivity contribution in [3.8, 4) is 12.3 Å². The molecule has 0 unspecified atom stereocenters. The average molecular weight is 237 g/mol. The van der Waals surface area contributed by atoms with Gasteiger partial charge in [0.1, 0.15) is 0 Å². The molecule has 0 aromatic heterocycles. The Hall–Kier alpha value is -1.05. The van der Waals surface area contributed by atoms with Crippen LogP contribution in [0.3, 0.4) is 0 Å². The molecule has 0 atom stereocenters. The first-order valence-electron chi connectivity index (χ1n) is 6.19. The SMILES string of the molecule is C#CCNC(=O)CN(C)CC1CCN(C)CC1. The molecule has 1 amide bonds. The predicted molar refractivity (Wildman–Crippen MR) is 69.6 cm³/mol. The summed E-state index contributed by atoms with van der Waals surface area (Å²) in [4.78, 5) is 15.9. The Labute approximate surface area is 104 Å². The normalized spacial score (nSPS) is 18.0. The summed E-state index contributed by atoms with van der Waals surface area (Å²) in [5, 5.41) is 2.68. The number of likely N-dealkylation sites (N-methyl/N-ethyl adjacent to an activating group) is 1. The molecule has 0 radical (unpaired) electrons. The maximum Gasteiger partial charge on any atom is 0.234 e. The Morgan fingerprint density at radius 3 is 2.76 bits per heavy atom. The van der Waals surface area contributed by atoms with Crippen molar-refractivity contribution in [2.45, 2.75) is 12.8 Å². The van der Waals surface area contributed by atoms with Gasteiger partial charge >= 0.3 is 0 Å². The summed E-state index contributed by atoms with van der Waals surface area (Å²) in [6.45, 7) is 4.09. The third kappa shape index (κ3) is 5.71. The molecule has 1 heterocycles. The molecule has 1 fully saturated rings. The molecule has 1 rings (SSSR count). The number of carbonyl (C=O) groups excluding carboxylic acids is 1. The second-order valence-corrected chi connectivity index (χ2v) is 4.92. The molecule has 0 spiro atoms. The van der Waals surface area contributed by atoms with Gasteiger partial charge in [-0.15, -0.1) is 6.42 Å². The molecule has 1 saturated heterocycles. The van der Waals surface area contributed by atoms with Gasteiger partial charge in [0.25, 0.3) is 0 Å². The topological polar surface area (TPSA) is 35.6 Å². The first-order chi connectivity index (χ1) is 8.11. The lowest BCUT2D eigenvalue weighted by Crippen LogP contribution is -2.40. The molecule has 1 N–H and O–H groups in total. The van der Waals surface area contributed by atoms with E-state index in [9.17, 15) is 4.79 Å². The number of nitrogens with zero attached hydrogens (tertiary/aromatic N) is 2. The van der Waals surface area contributed by atoms with Crippen LogP contribution in [0.1, 0.15) is 12.8 Å². The molecule has 0 aromatic carbocycles. The van der Waals surface area contributed by atoms with Crippen LogP contribution in [0.5, 0.6) is 0 Å². The van der Waals surface area contributed by atoms with Crippen molar-refractivity contribution in [2.24, 2.45) is 5.92 Å². The van der Waals surface area contributed by atoms with Crippen LogP contribution in [-0.2, 0) is 4.79 Å². The van der Waals surface area contributed by atoms with E-state index in [0.29, 0.717) is 13.1 Å². The van der Waals surface area contributed by atoms with E-state index in [4.69, 9.17) is 6.42 Å². The van der Waals surface area contributed by atoms with Gasteiger partial charge in [0.2, 0.25) is 5.91 Å². The summed E-state index contributed by atoms with van der Waals surface area (Å²) < 4.78 is 0. The van der Waals surface area contributed by atoms with Crippen LogP contribution >= 0.6 is 0 Å². The zero-order valence-corrected chi connectivity index (χ0v) is 10.9. The van der Waals surface area contributed by atoms with Gasteiger partial charge in [0.15, 0.2) is 0 Å². The zero-order chi connectivity index (χ0) is 12.7. The van der Waals surface area contributed by atoms with Crippen LogP contribution in [0, 0.1) is 18.3 Å². The highest BCUT2D eigenvalue weighted by Gasteiger charge is 2.18. The summed E-state index contributed by atoms with van der Waals surface area (Å²) in [6, 6.07) is 0. The van der Waals surface area contributed by atoms with Gasteiger partial charge in [0.05, 0.1) is 13.1 Å². The van der Waals surface area contributed by atoms with Crippen molar-refractivity contribution < 1.29 is 4.79 Å². The standard InChI is InChI=1S/C13H23N3O/c1-4-7-14-13(17)11-16(3)10-12-5-8-15(2)9-6-12/h1,12H,5-11H2,2-3H3,(H,14,17). The Morgan fingerprint density at radius 1 is 1.53 bits per heavy atom. The highest BCUT2D eigenvalue weighted by Crippen LogP contribution is 2.16.